The van der Waals surface area contributed by atoms with Crippen molar-refractivity contribution in [2.45, 2.75) is 75.1 Å². The first-order valence-corrected chi connectivity index (χ1v) is 18.3. The van der Waals surface area contributed by atoms with Crippen molar-refractivity contribution in [3.63, 3.8) is 0 Å². The van der Waals surface area contributed by atoms with Crippen LogP contribution in [0.15, 0.2) is 30.5 Å². The van der Waals surface area contributed by atoms with Gasteiger partial charge in [-0.3, -0.25) is 14.7 Å². The summed E-state index contributed by atoms with van der Waals surface area (Å²) in [6.45, 7) is 1.50. The SMILES string of the molecule is COc1cc2c(cc1OCCCNC(=O)CCCCNC(=O)CCCCC1SCC3NC(=O)NC31)Cc1c(Nc3cccnc3Cl)n[nH]c1-2. The minimum atomic E-state index is -0.0664. The highest BCUT2D eigenvalue weighted by molar-refractivity contribution is 8.00. The van der Waals surface area contributed by atoms with Crippen LogP contribution in [0.25, 0.3) is 11.3 Å². The number of pyridine rings is 1. The molecule has 2 fully saturated rings. The minimum Gasteiger partial charge on any atom is -0.493 e. The lowest BCUT2D eigenvalue weighted by Crippen LogP contribution is -2.36. The number of carbonyl (C=O) groups is 3. The molecule has 3 aliphatic rings. The number of hydrogen-bond donors (Lipinski definition) is 6. The number of ether oxygens (including phenoxy) is 2. The zero-order chi connectivity index (χ0) is 34.2. The predicted molar refractivity (Wildman–Crippen MR) is 190 cm³/mol. The normalized spacial score (nSPS) is 18.6. The third-order valence-electron chi connectivity index (χ3n) is 9.04. The first kappa shape index (κ1) is 34.7. The van der Waals surface area contributed by atoms with Crippen LogP contribution in [-0.4, -0.2) is 82.9 Å². The summed E-state index contributed by atoms with van der Waals surface area (Å²) in [7, 11) is 1.61. The van der Waals surface area contributed by atoms with E-state index >= 15 is 0 Å². The Labute approximate surface area is 294 Å². The molecule has 49 heavy (non-hydrogen) atoms. The van der Waals surface area contributed by atoms with Crippen LogP contribution in [0.5, 0.6) is 11.5 Å². The van der Waals surface area contributed by atoms with Gasteiger partial charge in [0.25, 0.3) is 0 Å². The summed E-state index contributed by atoms with van der Waals surface area (Å²) in [5, 5.41) is 23.5. The van der Waals surface area contributed by atoms with Crippen molar-refractivity contribution in [2.75, 3.05) is 37.9 Å². The quantitative estimate of drug-likeness (QED) is 0.0488. The predicted octanol–water partition coefficient (Wildman–Crippen LogP) is 4.68. The number of anilines is 2. The van der Waals surface area contributed by atoms with Crippen molar-refractivity contribution in [3.05, 3.63) is 46.7 Å². The number of H-pyrrole nitrogens is 1. The average Bonchev–Trinajstić information content (AvgIpc) is 3.85. The number of aromatic amines is 1. The molecule has 2 aromatic heterocycles. The van der Waals surface area contributed by atoms with Gasteiger partial charge in [-0.25, -0.2) is 9.78 Å². The lowest BCUT2D eigenvalue weighted by atomic mass is 10.0. The van der Waals surface area contributed by atoms with E-state index in [1.54, 1.807) is 13.3 Å². The summed E-state index contributed by atoms with van der Waals surface area (Å²) in [6.07, 6.45) is 8.14. The average molecular weight is 711 g/mol. The fourth-order valence-corrected chi connectivity index (χ4v) is 8.20. The minimum absolute atomic E-state index is 0.00569. The number of carbonyl (C=O) groups excluding carboxylic acids is 3. The molecule has 2 saturated heterocycles. The zero-order valence-corrected chi connectivity index (χ0v) is 29.1. The van der Waals surface area contributed by atoms with Gasteiger partial charge in [-0.05, 0) is 61.9 Å². The van der Waals surface area contributed by atoms with Crippen LogP contribution < -0.4 is 36.1 Å². The van der Waals surface area contributed by atoms with Crippen molar-refractivity contribution in [1.29, 1.82) is 0 Å². The van der Waals surface area contributed by atoms with Crippen molar-refractivity contribution >= 4 is 52.7 Å². The van der Waals surface area contributed by atoms with Crippen LogP contribution in [0.2, 0.25) is 5.15 Å². The van der Waals surface area contributed by atoms with Gasteiger partial charge in [0.2, 0.25) is 11.8 Å². The van der Waals surface area contributed by atoms with Gasteiger partial charge < -0.3 is 36.1 Å². The second-order valence-corrected chi connectivity index (χ2v) is 14.1. The maximum Gasteiger partial charge on any atom is 0.315 e. The number of rotatable bonds is 18. The Morgan fingerprint density at radius 2 is 1.84 bits per heavy atom. The van der Waals surface area contributed by atoms with Gasteiger partial charge in [0.15, 0.2) is 22.5 Å². The van der Waals surface area contributed by atoms with Gasteiger partial charge in [0, 0.05) is 60.7 Å². The molecule has 1 aliphatic carbocycles. The van der Waals surface area contributed by atoms with Gasteiger partial charge >= 0.3 is 6.03 Å². The third-order valence-corrected chi connectivity index (χ3v) is 10.8. The van der Waals surface area contributed by atoms with Crippen molar-refractivity contribution in [2.24, 2.45) is 0 Å². The molecule has 0 saturated carbocycles. The molecule has 0 spiro atoms. The van der Waals surface area contributed by atoms with E-state index in [4.69, 9.17) is 21.1 Å². The summed E-state index contributed by atoms with van der Waals surface area (Å²) >= 11 is 8.12. The molecule has 3 unspecified atom stereocenters. The highest BCUT2D eigenvalue weighted by Gasteiger charge is 2.42. The lowest BCUT2D eigenvalue weighted by molar-refractivity contribution is -0.121. The van der Waals surface area contributed by atoms with Gasteiger partial charge in [0.1, 0.15) is 0 Å². The molecule has 4 amide bonds. The number of amides is 4. The molecule has 0 bridgehead atoms. The number of fused-ring (bicyclic) bond motifs is 4. The standard InChI is InChI=1S/C34H43ClN8O5S/c1-47-25-18-21-20(16-22-30(21)42-43-33(22)39-23-8-6-13-38-32(23)35)17-26(25)48-15-7-14-37-29(45)11-4-5-12-36-28(44)10-3-2-9-27-31-24(19-49-27)40-34(46)41-31/h6,8,13,17-18,24,27,31H,2-5,7,9-12,14-16,19H2,1H3,(H,36,44)(H,37,45)(H2,39,42,43)(H2,40,41,46). The Kier molecular flexibility index (Phi) is 11.7. The smallest absolute Gasteiger partial charge is 0.315 e. The number of hydrogen-bond acceptors (Lipinski definition) is 9. The van der Waals surface area contributed by atoms with Crippen molar-refractivity contribution < 1.29 is 23.9 Å². The summed E-state index contributed by atoms with van der Waals surface area (Å²) in [4.78, 5) is 40.1. The number of methoxy groups -OCH3 is 1. The largest absolute Gasteiger partial charge is 0.493 e. The van der Waals surface area contributed by atoms with Crippen molar-refractivity contribution in [1.82, 2.24) is 36.4 Å². The first-order chi connectivity index (χ1) is 23.9. The number of thioether (sulfide) groups is 1. The number of urea groups is 1. The van der Waals surface area contributed by atoms with E-state index in [9.17, 15) is 14.4 Å². The van der Waals surface area contributed by atoms with Gasteiger partial charge in [-0.1, -0.05) is 18.0 Å². The van der Waals surface area contributed by atoms with E-state index in [0.717, 1.165) is 53.8 Å². The molecule has 2 aliphatic heterocycles. The van der Waals surface area contributed by atoms with E-state index in [0.29, 0.717) is 85.2 Å². The van der Waals surface area contributed by atoms with Crippen LogP contribution in [0, 0.1) is 0 Å². The topological polar surface area (TPSA) is 171 Å². The summed E-state index contributed by atoms with van der Waals surface area (Å²) in [6, 6.07) is 8.00. The molecule has 15 heteroatoms. The highest BCUT2D eigenvalue weighted by Crippen LogP contribution is 2.44. The maximum atomic E-state index is 12.3. The molecule has 4 heterocycles. The molecule has 1 aromatic carbocycles. The number of benzene rings is 1. The fraction of sp³-hybridized carbons (Fsp3) is 0.500. The molecule has 262 valence electrons. The number of nitrogens with one attached hydrogen (secondary N) is 6. The third kappa shape index (κ3) is 8.71. The number of aromatic nitrogens is 3. The van der Waals surface area contributed by atoms with E-state index in [-0.39, 0.29) is 29.9 Å². The zero-order valence-electron chi connectivity index (χ0n) is 27.5. The van der Waals surface area contributed by atoms with Crippen LogP contribution in [0.3, 0.4) is 0 Å². The lowest BCUT2D eigenvalue weighted by Gasteiger charge is -2.16. The molecule has 6 rings (SSSR count). The van der Waals surface area contributed by atoms with E-state index < -0.39 is 0 Å². The fourth-order valence-electron chi connectivity index (χ4n) is 6.49. The molecular formula is C34H43ClN8O5S. The monoisotopic (exact) mass is 710 g/mol. The molecule has 3 aromatic rings. The van der Waals surface area contributed by atoms with E-state index in [1.807, 2.05) is 36.0 Å². The summed E-state index contributed by atoms with van der Waals surface area (Å²) in [5.74, 6) is 2.97. The highest BCUT2D eigenvalue weighted by atomic mass is 35.5. The number of halogens is 1. The molecule has 3 atom stereocenters. The number of unbranched alkanes of at least 4 members (excludes halogenated alkanes) is 2. The Morgan fingerprint density at radius 1 is 1.04 bits per heavy atom. The van der Waals surface area contributed by atoms with Crippen LogP contribution >= 0.6 is 23.4 Å². The molecule has 13 nitrogen and oxygen atoms in total. The Bertz CT molecular complexity index is 1650. The van der Waals surface area contributed by atoms with Gasteiger partial charge in [-0.15, -0.1) is 0 Å². The Hall–Kier alpha value is -4.17. The second kappa shape index (κ2) is 16.5. The summed E-state index contributed by atoms with van der Waals surface area (Å²) in [5.41, 5.74) is 4.75. The van der Waals surface area contributed by atoms with E-state index in [1.165, 1.54) is 0 Å². The first-order valence-electron chi connectivity index (χ1n) is 16.9. The van der Waals surface area contributed by atoms with Crippen LogP contribution in [0.1, 0.15) is 62.5 Å². The Balaban J connectivity index is 0.822. The molecular weight excluding hydrogens is 668 g/mol. The van der Waals surface area contributed by atoms with Gasteiger partial charge in [0.05, 0.1) is 37.2 Å². The van der Waals surface area contributed by atoms with Crippen molar-refractivity contribution in [3.8, 4) is 22.8 Å². The van der Waals surface area contributed by atoms with E-state index in [2.05, 4.69) is 41.8 Å². The van der Waals surface area contributed by atoms with Crippen LogP contribution in [0.4, 0.5) is 16.3 Å². The second-order valence-electron chi connectivity index (χ2n) is 12.5. The maximum absolute atomic E-state index is 12.3. The number of nitrogens with zero attached hydrogens (tertiary/aromatic N) is 2. The molecule has 6 N–H and O–H groups in total. The Morgan fingerprint density at radius 3 is 2.63 bits per heavy atom. The van der Waals surface area contributed by atoms with Crippen LogP contribution in [-0.2, 0) is 16.0 Å². The molecule has 0 radical (unpaired) electrons. The van der Waals surface area contributed by atoms with Gasteiger partial charge in [-0.2, -0.15) is 16.9 Å². The summed E-state index contributed by atoms with van der Waals surface area (Å²) < 4.78 is 11.7.